The zero-order chi connectivity index (χ0) is 16.1. The maximum atomic E-state index is 6.02. The monoisotopic (exact) mass is 329 g/mol. The van der Waals surface area contributed by atoms with E-state index in [1.165, 1.54) is 5.56 Å². The number of hydrogen-bond acceptors (Lipinski definition) is 3. The minimum Gasteiger partial charge on any atom is -0.295 e. The molecule has 122 valence electrons. The van der Waals surface area contributed by atoms with Gasteiger partial charge in [0.15, 0.2) is 0 Å². The number of piperazine rings is 1. The quantitative estimate of drug-likeness (QED) is 0.826. The molecule has 3 rings (SSSR count). The van der Waals surface area contributed by atoms with Crippen LogP contribution in [0.4, 0.5) is 0 Å². The zero-order valence-electron chi connectivity index (χ0n) is 13.7. The van der Waals surface area contributed by atoms with E-state index >= 15 is 0 Å². The Morgan fingerprint density at radius 2 is 1.78 bits per heavy atom. The molecule has 0 radical (unpaired) electrons. The summed E-state index contributed by atoms with van der Waals surface area (Å²) in [7, 11) is 0. The molecule has 0 amide bonds. The van der Waals surface area contributed by atoms with E-state index in [1.54, 1.807) is 0 Å². The first-order chi connectivity index (χ1) is 11.3. The van der Waals surface area contributed by atoms with Gasteiger partial charge in [-0.15, -0.1) is 0 Å². The summed E-state index contributed by atoms with van der Waals surface area (Å²) in [5.41, 5.74) is 2.53. The van der Waals surface area contributed by atoms with Gasteiger partial charge < -0.3 is 0 Å². The van der Waals surface area contributed by atoms with Gasteiger partial charge in [-0.05, 0) is 36.2 Å². The lowest BCUT2D eigenvalue weighted by atomic mass is 10.0. The summed E-state index contributed by atoms with van der Waals surface area (Å²) in [6.45, 7) is 7.62. The van der Waals surface area contributed by atoms with E-state index in [0.29, 0.717) is 6.04 Å². The fourth-order valence-electron chi connectivity index (χ4n) is 3.34. The number of aromatic nitrogens is 1. The Morgan fingerprint density at radius 1 is 1.04 bits per heavy atom. The van der Waals surface area contributed by atoms with Crippen molar-refractivity contribution >= 4 is 11.6 Å². The molecule has 0 bridgehead atoms. The smallest absolute Gasteiger partial charge is 0.0543 e. The highest BCUT2D eigenvalue weighted by molar-refractivity contribution is 6.30. The van der Waals surface area contributed by atoms with Crippen LogP contribution in [0.25, 0.3) is 0 Å². The third-order valence-electron chi connectivity index (χ3n) is 4.60. The van der Waals surface area contributed by atoms with Crippen LogP contribution in [0.5, 0.6) is 0 Å². The minimum atomic E-state index is 0.490. The number of pyridine rings is 1. The summed E-state index contributed by atoms with van der Waals surface area (Å²) in [4.78, 5) is 9.52. The summed E-state index contributed by atoms with van der Waals surface area (Å²) < 4.78 is 0. The SMILES string of the molecule is CCC(c1ccc(Cl)cc1)N1CCN(Cc2ccccn2)CC1. The molecular weight excluding hydrogens is 306 g/mol. The summed E-state index contributed by atoms with van der Waals surface area (Å²) in [6, 6.07) is 15.0. The van der Waals surface area contributed by atoms with E-state index in [-0.39, 0.29) is 0 Å². The van der Waals surface area contributed by atoms with E-state index in [4.69, 9.17) is 11.6 Å². The van der Waals surface area contributed by atoms with E-state index in [9.17, 15) is 0 Å². The first kappa shape index (κ1) is 16.4. The van der Waals surface area contributed by atoms with E-state index in [1.807, 2.05) is 24.4 Å². The number of nitrogens with zero attached hydrogens (tertiary/aromatic N) is 3. The molecule has 2 aromatic rings. The molecule has 1 saturated heterocycles. The molecule has 0 aliphatic carbocycles. The maximum absolute atomic E-state index is 6.02. The lowest BCUT2D eigenvalue weighted by molar-refractivity contribution is 0.0889. The standard InChI is InChI=1S/C19H24ClN3/c1-2-19(16-6-8-17(20)9-7-16)23-13-11-22(12-14-23)15-18-5-3-4-10-21-18/h3-10,19H,2,11-15H2,1H3. The molecule has 1 aromatic carbocycles. The van der Waals surface area contributed by atoms with Gasteiger partial charge in [-0.25, -0.2) is 0 Å². The molecular formula is C19H24ClN3. The molecule has 0 spiro atoms. The molecule has 1 atom stereocenters. The number of halogens is 1. The molecule has 4 heteroatoms. The van der Waals surface area contributed by atoms with Gasteiger partial charge in [-0.1, -0.05) is 36.7 Å². The lowest BCUT2D eigenvalue weighted by Gasteiger charge is -2.39. The number of rotatable bonds is 5. The summed E-state index contributed by atoms with van der Waals surface area (Å²) >= 11 is 6.02. The zero-order valence-corrected chi connectivity index (χ0v) is 14.4. The van der Waals surface area contributed by atoms with Crippen LogP contribution in [0.15, 0.2) is 48.7 Å². The highest BCUT2D eigenvalue weighted by Gasteiger charge is 2.24. The second-order valence-corrected chi connectivity index (χ2v) is 6.55. The Hall–Kier alpha value is -1.42. The highest BCUT2D eigenvalue weighted by atomic mass is 35.5. The Bertz CT molecular complexity index is 592. The van der Waals surface area contributed by atoms with Gasteiger partial charge in [0.25, 0.3) is 0 Å². The average Bonchev–Trinajstić information content (AvgIpc) is 2.60. The third-order valence-corrected chi connectivity index (χ3v) is 4.85. The summed E-state index contributed by atoms with van der Waals surface area (Å²) in [6.07, 6.45) is 3.00. The van der Waals surface area contributed by atoms with Crippen molar-refractivity contribution in [3.8, 4) is 0 Å². The molecule has 3 nitrogen and oxygen atoms in total. The van der Waals surface area contributed by atoms with E-state index in [0.717, 1.165) is 49.9 Å². The van der Waals surface area contributed by atoms with Gasteiger partial charge in [0.2, 0.25) is 0 Å². The van der Waals surface area contributed by atoms with Crippen molar-refractivity contribution in [2.75, 3.05) is 26.2 Å². The van der Waals surface area contributed by atoms with Crippen LogP contribution in [-0.2, 0) is 6.54 Å². The molecule has 1 aliphatic rings. The fraction of sp³-hybridized carbons (Fsp3) is 0.421. The van der Waals surface area contributed by atoms with Gasteiger partial charge in [-0.2, -0.15) is 0 Å². The fourth-order valence-corrected chi connectivity index (χ4v) is 3.47. The van der Waals surface area contributed by atoms with Crippen LogP contribution in [0.2, 0.25) is 5.02 Å². The van der Waals surface area contributed by atoms with E-state index in [2.05, 4.69) is 46.0 Å². The largest absolute Gasteiger partial charge is 0.295 e. The molecule has 1 fully saturated rings. The molecule has 0 N–H and O–H groups in total. The van der Waals surface area contributed by atoms with Crippen LogP contribution >= 0.6 is 11.6 Å². The van der Waals surface area contributed by atoms with E-state index < -0.39 is 0 Å². The highest BCUT2D eigenvalue weighted by Crippen LogP contribution is 2.26. The number of hydrogen-bond donors (Lipinski definition) is 0. The molecule has 2 heterocycles. The first-order valence-corrected chi connectivity index (χ1v) is 8.76. The summed E-state index contributed by atoms with van der Waals surface area (Å²) in [5, 5.41) is 0.809. The number of benzene rings is 1. The molecule has 1 aliphatic heterocycles. The van der Waals surface area contributed by atoms with Crippen molar-refractivity contribution in [3.05, 3.63) is 64.9 Å². The Balaban J connectivity index is 1.58. The van der Waals surface area contributed by atoms with Crippen molar-refractivity contribution in [2.45, 2.75) is 25.9 Å². The predicted octanol–water partition coefficient (Wildman–Crippen LogP) is 4.00. The molecule has 1 unspecified atom stereocenters. The van der Waals surface area contributed by atoms with Gasteiger partial charge in [0.1, 0.15) is 0 Å². The average molecular weight is 330 g/mol. The molecule has 1 aromatic heterocycles. The van der Waals surface area contributed by atoms with Gasteiger partial charge >= 0.3 is 0 Å². The van der Waals surface area contributed by atoms with Crippen molar-refractivity contribution in [3.63, 3.8) is 0 Å². The Morgan fingerprint density at radius 3 is 2.39 bits per heavy atom. The van der Waals surface area contributed by atoms with Crippen molar-refractivity contribution in [2.24, 2.45) is 0 Å². The minimum absolute atomic E-state index is 0.490. The Kier molecular flexibility index (Phi) is 5.65. The summed E-state index contributed by atoms with van der Waals surface area (Å²) in [5.74, 6) is 0. The van der Waals surface area contributed by atoms with Crippen LogP contribution in [-0.4, -0.2) is 41.0 Å². The van der Waals surface area contributed by atoms with Crippen molar-refractivity contribution in [1.29, 1.82) is 0 Å². The van der Waals surface area contributed by atoms with Crippen LogP contribution < -0.4 is 0 Å². The lowest BCUT2D eigenvalue weighted by Crippen LogP contribution is -2.47. The molecule has 0 saturated carbocycles. The van der Waals surface area contributed by atoms with Crippen molar-refractivity contribution < 1.29 is 0 Å². The van der Waals surface area contributed by atoms with Gasteiger partial charge in [0.05, 0.1) is 5.69 Å². The van der Waals surface area contributed by atoms with Crippen molar-refractivity contribution in [1.82, 2.24) is 14.8 Å². The second kappa shape index (κ2) is 7.91. The predicted molar refractivity (Wildman–Crippen MR) is 95.6 cm³/mol. The third kappa shape index (κ3) is 4.31. The van der Waals surface area contributed by atoms with Gasteiger partial charge in [0, 0.05) is 50.0 Å². The first-order valence-electron chi connectivity index (χ1n) is 8.38. The maximum Gasteiger partial charge on any atom is 0.0543 e. The normalized spacial score (nSPS) is 18.0. The molecule has 23 heavy (non-hydrogen) atoms. The second-order valence-electron chi connectivity index (χ2n) is 6.11. The van der Waals surface area contributed by atoms with Crippen LogP contribution in [0.1, 0.15) is 30.6 Å². The van der Waals surface area contributed by atoms with Crippen LogP contribution in [0, 0.1) is 0 Å². The Labute approximate surface area is 143 Å². The van der Waals surface area contributed by atoms with Crippen LogP contribution in [0.3, 0.4) is 0 Å². The topological polar surface area (TPSA) is 19.4 Å². The van der Waals surface area contributed by atoms with Gasteiger partial charge in [-0.3, -0.25) is 14.8 Å².